The third kappa shape index (κ3) is 1.66. The van der Waals surface area contributed by atoms with Crippen LogP contribution in [0.4, 0.5) is 5.69 Å². The van der Waals surface area contributed by atoms with Crippen LogP contribution in [0, 0.1) is 6.92 Å². The Hall–Kier alpha value is -1.84. The van der Waals surface area contributed by atoms with Crippen molar-refractivity contribution in [3.8, 4) is 5.75 Å². The lowest BCUT2D eigenvalue weighted by Gasteiger charge is -2.26. The van der Waals surface area contributed by atoms with E-state index >= 15 is 0 Å². The SMILES string of the molecule is Cc1c(O)cccc1N1C(=O)CCCC1=O. The molecule has 16 heavy (non-hydrogen) atoms. The predicted octanol–water partition coefficient (Wildman–Crippen LogP) is 1.74. The first-order valence-electron chi connectivity index (χ1n) is 5.25. The van der Waals surface area contributed by atoms with Gasteiger partial charge in [0.25, 0.3) is 0 Å². The number of hydrogen-bond acceptors (Lipinski definition) is 3. The first kappa shape index (κ1) is 10.7. The zero-order valence-electron chi connectivity index (χ0n) is 9.06. The molecule has 0 radical (unpaired) electrons. The largest absolute Gasteiger partial charge is 0.508 e. The number of amides is 2. The Balaban J connectivity index is 2.46. The van der Waals surface area contributed by atoms with Gasteiger partial charge in [0.15, 0.2) is 0 Å². The van der Waals surface area contributed by atoms with Gasteiger partial charge in [0.2, 0.25) is 11.8 Å². The fraction of sp³-hybridized carbons (Fsp3) is 0.333. The van der Waals surface area contributed by atoms with Gasteiger partial charge in [-0.15, -0.1) is 0 Å². The molecule has 1 aliphatic rings. The highest BCUT2D eigenvalue weighted by Gasteiger charge is 2.28. The summed E-state index contributed by atoms with van der Waals surface area (Å²) < 4.78 is 0. The molecule has 0 aliphatic carbocycles. The second kappa shape index (κ2) is 3.96. The highest BCUT2D eigenvalue weighted by atomic mass is 16.3. The highest BCUT2D eigenvalue weighted by Crippen LogP contribution is 2.30. The van der Waals surface area contributed by atoms with Crippen molar-refractivity contribution in [3.05, 3.63) is 23.8 Å². The fourth-order valence-electron chi connectivity index (χ4n) is 1.88. The highest BCUT2D eigenvalue weighted by molar-refractivity contribution is 6.16. The van der Waals surface area contributed by atoms with E-state index in [1.165, 1.54) is 11.0 Å². The van der Waals surface area contributed by atoms with E-state index in [-0.39, 0.29) is 17.6 Å². The summed E-state index contributed by atoms with van der Waals surface area (Å²) in [6.45, 7) is 1.69. The van der Waals surface area contributed by atoms with Gasteiger partial charge in [-0.25, -0.2) is 0 Å². The zero-order chi connectivity index (χ0) is 11.7. The Kier molecular flexibility index (Phi) is 2.64. The number of benzene rings is 1. The molecule has 1 N–H and O–H groups in total. The van der Waals surface area contributed by atoms with Gasteiger partial charge in [0.05, 0.1) is 5.69 Å². The molecule has 0 spiro atoms. The van der Waals surface area contributed by atoms with E-state index in [0.717, 1.165) is 0 Å². The van der Waals surface area contributed by atoms with Crippen molar-refractivity contribution < 1.29 is 14.7 Å². The van der Waals surface area contributed by atoms with E-state index in [0.29, 0.717) is 30.5 Å². The second-order valence-corrected chi connectivity index (χ2v) is 3.90. The summed E-state index contributed by atoms with van der Waals surface area (Å²) in [4.78, 5) is 24.6. The average molecular weight is 219 g/mol. The van der Waals surface area contributed by atoms with Crippen LogP contribution in [-0.4, -0.2) is 16.9 Å². The van der Waals surface area contributed by atoms with Crippen LogP contribution in [0.25, 0.3) is 0 Å². The molecule has 1 heterocycles. The van der Waals surface area contributed by atoms with Crippen LogP contribution in [0.1, 0.15) is 24.8 Å². The molecule has 0 saturated carbocycles. The lowest BCUT2D eigenvalue weighted by molar-refractivity contribution is -0.129. The minimum absolute atomic E-state index is 0.101. The molecule has 4 heteroatoms. The minimum atomic E-state index is -0.190. The molecule has 1 aliphatic heterocycles. The van der Waals surface area contributed by atoms with Gasteiger partial charge in [0, 0.05) is 18.4 Å². The van der Waals surface area contributed by atoms with E-state index in [4.69, 9.17) is 0 Å². The Morgan fingerprint density at radius 3 is 2.44 bits per heavy atom. The van der Waals surface area contributed by atoms with Crippen molar-refractivity contribution in [2.45, 2.75) is 26.2 Å². The summed E-state index contributed by atoms with van der Waals surface area (Å²) in [6.07, 6.45) is 1.40. The van der Waals surface area contributed by atoms with Crippen molar-refractivity contribution in [3.63, 3.8) is 0 Å². The molecule has 0 unspecified atom stereocenters. The van der Waals surface area contributed by atoms with Gasteiger partial charge in [0.1, 0.15) is 5.75 Å². The molecule has 0 bridgehead atoms. The second-order valence-electron chi connectivity index (χ2n) is 3.90. The molecule has 2 rings (SSSR count). The number of hydrogen-bond donors (Lipinski definition) is 1. The molecule has 2 amide bonds. The summed E-state index contributed by atoms with van der Waals surface area (Å²) in [5.41, 5.74) is 1.06. The summed E-state index contributed by atoms with van der Waals surface area (Å²) in [7, 11) is 0. The maximum Gasteiger partial charge on any atom is 0.233 e. The predicted molar refractivity (Wildman–Crippen MR) is 59.2 cm³/mol. The van der Waals surface area contributed by atoms with E-state index < -0.39 is 0 Å². The number of phenolic OH excluding ortho intramolecular Hbond substituents is 1. The molecule has 84 valence electrons. The topological polar surface area (TPSA) is 57.6 Å². The number of carbonyl (C=O) groups excluding carboxylic acids is 2. The number of rotatable bonds is 1. The first-order valence-corrected chi connectivity index (χ1v) is 5.25. The number of imide groups is 1. The number of aromatic hydroxyl groups is 1. The van der Waals surface area contributed by atoms with E-state index in [2.05, 4.69) is 0 Å². The van der Waals surface area contributed by atoms with Gasteiger partial charge in [-0.2, -0.15) is 0 Å². The van der Waals surface area contributed by atoms with Crippen molar-refractivity contribution in [1.82, 2.24) is 0 Å². The number of anilines is 1. The molecule has 1 aromatic carbocycles. The van der Waals surface area contributed by atoms with Crippen molar-refractivity contribution in [2.24, 2.45) is 0 Å². The van der Waals surface area contributed by atoms with E-state index in [9.17, 15) is 14.7 Å². The number of nitrogens with zero attached hydrogens (tertiary/aromatic N) is 1. The van der Waals surface area contributed by atoms with E-state index in [1.54, 1.807) is 19.1 Å². The summed E-state index contributed by atoms with van der Waals surface area (Å²) in [5.74, 6) is -0.279. The third-order valence-electron chi connectivity index (χ3n) is 2.80. The van der Waals surface area contributed by atoms with Gasteiger partial charge in [-0.1, -0.05) is 6.07 Å². The zero-order valence-corrected chi connectivity index (χ0v) is 9.06. The molecule has 0 aromatic heterocycles. The Bertz CT molecular complexity index is 438. The number of carbonyl (C=O) groups is 2. The van der Waals surface area contributed by atoms with Crippen LogP contribution in [0.5, 0.6) is 5.75 Å². The van der Waals surface area contributed by atoms with Crippen molar-refractivity contribution in [2.75, 3.05) is 4.90 Å². The van der Waals surface area contributed by atoms with Crippen LogP contribution in [0.2, 0.25) is 0 Å². The summed E-state index contributed by atoms with van der Waals surface area (Å²) >= 11 is 0. The maximum atomic E-state index is 11.7. The smallest absolute Gasteiger partial charge is 0.233 e. The minimum Gasteiger partial charge on any atom is -0.508 e. The van der Waals surface area contributed by atoms with Crippen LogP contribution >= 0.6 is 0 Å². The molecule has 1 saturated heterocycles. The van der Waals surface area contributed by atoms with Crippen LogP contribution in [-0.2, 0) is 9.59 Å². The van der Waals surface area contributed by atoms with Gasteiger partial charge in [-0.05, 0) is 25.5 Å². The van der Waals surface area contributed by atoms with Crippen LogP contribution < -0.4 is 4.90 Å². The average Bonchev–Trinajstić information content (AvgIpc) is 2.24. The number of phenols is 1. The Morgan fingerprint density at radius 1 is 1.19 bits per heavy atom. The van der Waals surface area contributed by atoms with Gasteiger partial charge >= 0.3 is 0 Å². The molecule has 4 nitrogen and oxygen atoms in total. The Morgan fingerprint density at radius 2 is 1.81 bits per heavy atom. The normalized spacial score (nSPS) is 16.7. The first-order chi connectivity index (χ1) is 7.61. The lowest BCUT2D eigenvalue weighted by atomic mass is 10.1. The Labute approximate surface area is 93.5 Å². The summed E-state index contributed by atoms with van der Waals surface area (Å²) in [6, 6.07) is 4.85. The monoisotopic (exact) mass is 219 g/mol. The molecular formula is C12H13NO3. The van der Waals surface area contributed by atoms with E-state index in [1.807, 2.05) is 0 Å². The molecule has 1 aromatic rings. The maximum absolute atomic E-state index is 11.7. The summed E-state index contributed by atoms with van der Waals surface area (Å²) in [5, 5.41) is 9.55. The quantitative estimate of drug-likeness (QED) is 0.732. The fourth-order valence-corrected chi connectivity index (χ4v) is 1.88. The molecular weight excluding hydrogens is 206 g/mol. The van der Waals surface area contributed by atoms with Gasteiger partial charge in [-0.3, -0.25) is 14.5 Å². The van der Waals surface area contributed by atoms with Crippen molar-refractivity contribution >= 4 is 17.5 Å². The standard InChI is InChI=1S/C12H13NO3/c1-8-9(4-2-5-10(8)14)13-11(15)6-3-7-12(13)16/h2,4-5,14H,3,6-7H2,1H3. The van der Waals surface area contributed by atoms with Crippen LogP contribution in [0.3, 0.4) is 0 Å². The van der Waals surface area contributed by atoms with Gasteiger partial charge < -0.3 is 5.11 Å². The van der Waals surface area contributed by atoms with Crippen molar-refractivity contribution in [1.29, 1.82) is 0 Å². The lowest BCUT2D eigenvalue weighted by Crippen LogP contribution is -2.40. The van der Waals surface area contributed by atoms with Crippen LogP contribution in [0.15, 0.2) is 18.2 Å². The third-order valence-corrected chi connectivity index (χ3v) is 2.80. The molecule has 0 atom stereocenters. The number of piperidine rings is 1. The molecule has 1 fully saturated rings.